The molecular weight excluding hydrogens is 518 g/mol. The molecule has 0 saturated heterocycles. The number of likely N-dealkylation sites (N-methyl/N-ethyl adjacent to an activating group) is 1. The summed E-state index contributed by atoms with van der Waals surface area (Å²) in [6.07, 6.45) is -0.552. The predicted octanol–water partition coefficient (Wildman–Crippen LogP) is 3.33. The van der Waals surface area contributed by atoms with Crippen molar-refractivity contribution in [2.24, 2.45) is 5.92 Å². The Kier molecular flexibility index (Phi) is 8.88. The Hall–Kier alpha value is -4.19. The van der Waals surface area contributed by atoms with Gasteiger partial charge in [0.1, 0.15) is 6.10 Å². The highest BCUT2D eigenvalue weighted by molar-refractivity contribution is 6.01. The molecule has 0 spiro atoms. The number of para-hydroxylation sites is 1. The first-order valence-corrected chi connectivity index (χ1v) is 13.3. The zero-order valence-corrected chi connectivity index (χ0v) is 23.4. The van der Waals surface area contributed by atoms with Crippen LogP contribution in [0.5, 0.6) is 17.2 Å². The van der Waals surface area contributed by atoms with Gasteiger partial charge in [-0.15, -0.1) is 0 Å². The van der Waals surface area contributed by atoms with Crippen LogP contribution in [0.2, 0.25) is 0 Å². The van der Waals surface area contributed by atoms with Crippen molar-refractivity contribution in [2.75, 3.05) is 44.2 Å². The van der Waals surface area contributed by atoms with Crippen LogP contribution in [0, 0.1) is 5.92 Å². The van der Waals surface area contributed by atoms with Crippen molar-refractivity contribution >= 4 is 29.3 Å². The van der Waals surface area contributed by atoms with Crippen molar-refractivity contribution in [3.8, 4) is 17.2 Å². The summed E-state index contributed by atoms with van der Waals surface area (Å²) in [4.78, 5) is 42.3. The molecule has 0 aliphatic carbocycles. The van der Waals surface area contributed by atoms with E-state index in [1.807, 2.05) is 20.8 Å². The number of aliphatic hydroxyl groups is 1. The van der Waals surface area contributed by atoms with Gasteiger partial charge < -0.3 is 45.1 Å². The number of aliphatic hydroxyl groups excluding tert-OH is 1. The Bertz CT molecular complexity index is 1250. The Morgan fingerprint density at radius 1 is 1.12 bits per heavy atom. The first-order chi connectivity index (χ1) is 19.1. The van der Waals surface area contributed by atoms with Gasteiger partial charge in [0.05, 0.1) is 30.4 Å². The minimum Gasteiger partial charge on any atom is -0.485 e. The van der Waals surface area contributed by atoms with E-state index in [0.29, 0.717) is 29.4 Å². The number of fused-ring (bicyclic) bond motifs is 2. The number of hydrogen-bond acceptors (Lipinski definition) is 7. The Balaban J connectivity index is 1.59. The number of amides is 5. The summed E-state index contributed by atoms with van der Waals surface area (Å²) in [7, 11) is 1.65. The standard InChI is InChI=1S/C28H37N5O7/c1-16(2)29-27(36)31-21-8-6-7-20-25(21)40-24(17(3)12-33(26(20)35)18(4)14-34)13-32(5)28(37)30-19-9-10-22-23(11-19)39-15-38-22/h6-11,16-18,24,34H,12-15H2,1-5H3,(H,30,37)(H2,29,31,36)/t17-,18+,24-/m0/s1. The van der Waals surface area contributed by atoms with Crippen LogP contribution in [-0.4, -0.2) is 84.6 Å². The lowest BCUT2D eigenvalue weighted by Crippen LogP contribution is -2.50. The van der Waals surface area contributed by atoms with Gasteiger partial charge >= 0.3 is 12.1 Å². The molecule has 40 heavy (non-hydrogen) atoms. The van der Waals surface area contributed by atoms with E-state index in [9.17, 15) is 19.5 Å². The summed E-state index contributed by atoms with van der Waals surface area (Å²) in [5.74, 6) is 0.832. The van der Waals surface area contributed by atoms with Crippen LogP contribution in [0.3, 0.4) is 0 Å². The number of benzene rings is 2. The van der Waals surface area contributed by atoms with Crippen LogP contribution in [0.4, 0.5) is 21.0 Å². The molecule has 0 aromatic heterocycles. The second-order valence-electron chi connectivity index (χ2n) is 10.4. The maximum Gasteiger partial charge on any atom is 0.321 e. The average Bonchev–Trinajstić information content (AvgIpc) is 3.38. The summed E-state index contributed by atoms with van der Waals surface area (Å²) in [5.41, 5.74) is 1.13. The molecule has 2 heterocycles. The molecule has 0 bridgehead atoms. The summed E-state index contributed by atoms with van der Waals surface area (Å²) in [6, 6.07) is 8.75. The molecule has 4 rings (SSSR count). The van der Waals surface area contributed by atoms with Crippen molar-refractivity contribution in [3.63, 3.8) is 0 Å². The molecule has 2 aliphatic heterocycles. The molecule has 0 unspecified atom stereocenters. The summed E-state index contributed by atoms with van der Waals surface area (Å²) < 4.78 is 17.2. The molecule has 2 aliphatic rings. The lowest BCUT2D eigenvalue weighted by Gasteiger charge is -2.38. The number of urea groups is 2. The van der Waals surface area contributed by atoms with Gasteiger partial charge in [-0.1, -0.05) is 13.0 Å². The van der Waals surface area contributed by atoms with Gasteiger partial charge in [0.15, 0.2) is 17.2 Å². The number of carbonyl (C=O) groups is 3. The molecule has 2 aromatic carbocycles. The minimum atomic E-state index is -0.552. The van der Waals surface area contributed by atoms with Crippen molar-refractivity contribution in [1.29, 1.82) is 0 Å². The zero-order chi connectivity index (χ0) is 29.0. The molecule has 216 valence electrons. The largest absolute Gasteiger partial charge is 0.485 e. The van der Waals surface area contributed by atoms with E-state index < -0.39 is 18.2 Å². The minimum absolute atomic E-state index is 0.0985. The van der Waals surface area contributed by atoms with E-state index in [-0.39, 0.29) is 55.2 Å². The first kappa shape index (κ1) is 28.8. The molecule has 4 N–H and O–H groups in total. The van der Waals surface area contributed by atoms with Crippen molar-refractivity contribution in [2.45, 2.75) is 45.9 Å². The molecule has 3 atom stereocenters. The summed E-state index contributed by atoms with van der Waals surface area (Å²) >= 11 is 0. The molecule has 5 amide bonds. The van der Waals surface area contributed by atoms with Gasteiger partial charge in [0.25, 0.3) is 5.91 Å². The number of hydrogen-bond donors (Lipinski definition) is 4. The van der Waals surface area contributed by atoms with Gasteiger partial charge in [-0.05, 0) is 45.0 Å². The number of anilines is 2. The van der Waals surface area contributed by atoms with E-state index in [1.165, 1.54) is 4.90 Å². The fourth-order valence-corrected chi connectivity index (χ4v) is 4.53. The van der Waals surface area contributed by atoms with Crippen LogP contribution < -0.4 is 30.2 Å². The van der Waals surface area contributed by atoms with Crippen LogP contribution >= 0.6 is 0 Å². The van der Waals surface area contributed by atoms with Gasteiger partial charge in [0, 0.05) is 37.3 Å². The second-order valence-corrected chi connectivity index (χ2v) is 10.4. The van der Waals surface area contributed by atoms with E-state index >= 15 is 0 Å². The van der Waals surface area contributed by atoms with Crippen LogP contribution in [-0.2, 0) is 0 Å². The monoisotopic (exact) mass is 555 g/mol. The molecule has 12 nitrogen and oxygen atoms in total. The Labute approximate surface area is 233 Å². The number of ether oxygens (including phenoxy) is 3. The lowest BCUT2D eigenvalue weighted by molar-refractivity contribution is 0.0373. The van der Waals surface area contributed by atoms with Crippen LogP contribution in [0.1, 0.15) is 38.1 Å². The topological polar surface area (TPSA) is 142 Å². The summed E-state index contributed by atoms with van der Waals surface area (Å²) in [5, 5.41) is 18.3. The van der Waals surface area contributed by atoms with Gasteiger partial charge in [-0.25, -0.2) is 9.59 Å². The highest BCUT2D eigenvalue weighted by Gasteiger charge is 2.35. The Morgan fingerprint density at radius 3 is 2.60 bits per heavy atom. The molecular formula is C28H37N5O7. The van der Waals surface area contributed by atoms with Gasteiger partial charge in [-0.2, -0.15) is 0 Å². The summed E-state index contributed by atoms with van der Waals surface area (Å²) in [6.45, 7) is 7.77. The molecule has 0 saturated carbocycles. The van der Waals surface area contributed by atoms with Crippen molar-refractivity contribution in [3.05, 3.63) is 42.0 Å². The molecule has 2 aromatic rings. The smallest absolute Gasteiger partial charge is 0.321 e. The highest BCUT2D eigenvalue weighted by Crippen LogP contribution is 2.36. The van der Waals surface area contributed by atoms with E-state index in [4.69, 9.17) is 14.2 Å². The zero-order valence-electron chi connectivity index (χ0n) is 23.4. The third kappa shape index (κ3) is 6.50. The third-order valence-electron chi connectivity index (χ3n) is 6.78. The second kappa shape index (κ2) is 12.3. The third-order valence-corrected chi connectivity index (χ3v) is 6.78. The van der Waals surface area contributed by atoms with E-state index in [2.05, 4.69) is 16.0 Å². The maximum absolute atomic E-state index is 13.6. The van der Waals surface area contributed by atoms with E-state index in [1.54, 1.807) is 55.3 Å². The van der Waals surface area contributed by atoms with Crippen LogP contribution in [0.25, 0.3) is 0 Å². The average molecular weight is 556 g/mol. The fourth-order valence-electron chi connectivity index (χ4n) is 4.53. The fraction of sp³-hybridized carbons (Fsp3) is 0.464. The predicted molar refractivity (Wildman–Crippen MR) is 149 cm³/mol. The maximum atomic E-state index is 13.6. The number of carbonyl (C=O) groups excluding carboxylic acids is 3. The van der Waals surface area contributed by atoms with E-state index in [0.717, 1.165) is 0 Å². The molecule has 0 radical (unpaired) electrons. The lowest BCUT2D eigenvalue weighted by atomic mass is 9.99. The highest BCUT2D eigenvalue weighted by atomic mass is 16.7. The normalized spacial score (nSPS) is 18.7. The van der Waals surface area contributed by atoms with Crippen molar-refractivity contribution in [1.82, 2.24) is 15.1 Å². The first-order valence-electron chi connectivity index (χ1n) is 13.3. The molecule has 0 fully saturated rings. The SMILES string of the molecule is CC(C)NC(=O)Nc1cccc2c1O[C@@H](CN(C)C(=O)Nc1ccc3c(c1)OCO3)[C@@H](C)CN([C@H](C)CO)C2=O. The van der Waals surface area contributed by atoms with Crippen molar-refractivity contribution < 1.29 is 33.7 Å². The van der Waals surface area contributed by atoms with Gasteiger partial charge in [0.2, 0.25) is 6.79 Å². The van der Waals surface area contributed by atoms with Crippen LogP contribution in [0.15, 0.2) is 36.4 Å². The Morgan fingerprint density at radius 2 is 1.88 bits per heavy atom. The quantitative estimate of drug-likeness (QED) is 0.411. The number of rotatable bonds is 7. The number of nitrogens with one attached hydrogen (secondary N) is 3. The number of nitrogens with zero attached hydrogens (tertiary/aromatic N) is 2. The molecule has 12 heteroatoms. The van der Waals surface area contributed by atoms with Gasteiger partial charge in [-0.3, -0.25) is 4.79 Å².